The van der Waals surface area contributed by atoms with Crippen LogP contribution in [0.4, 0.5) is 10.7 Å². The van der Waals surface area contributed by atoms with Crippen LogP contribution in [0.2, 0.25) is 0 Å². The van der Waals surface area contributed by atoms with E-state index in [0.717, 1.165) is 18.1 Å². The number of rotatable bonds is 3. The first-order valence-corrected chi connectivity index (χ1v) is 5.48. The molecule has 0 fully saturated rings. The van der Waals surface area contributed by atoms with Gasteiger partial charge in [-0.2, -0.15) is 10.5 Å². The molecule has 1 aromatic heterocycles. The first-order valence-electron chi connectivity index (χ1n) is 4.66. The maximum Gasteiger partial charge on any atom is 0.131 e. The molecule has 1 aromatic rings. The number of thiophene rings is 1. The fourth-order valence-electron chi connectivity index (χ4n) is 1.36. The third kappa shape index (κ3) is 1.88. The predicted molar refractivity (Wildman–Crippen MR) is 61.7 cm³/mol. The minimum atomic E-state index is 0.312. The number of anilines is 2. The van der Waals surface area contributed by atoms with Gasteiger partial charge in [-0.15, -0.1) is 11.3 Å². The minimum Gasteiger partial charge on any atom is -0.396 e. The predicted octanol–water partition coefficient (Wildman–Crippen LogP) is 1.92. The molecule has 1 heterocycles. The second-order valence-electron chi connectivity index (χ2n) is 2.92. The summed E-state index contributed by atoms with van der Waals surface area (Å²) in [7, 11) is 0. The van der Waals surface area contributed by atoms with Gasteiger partial charge in [0.25, 0.3) is 0 Å². The van der Waals surface area contributed by atoms with Gasteiger partial charge in [-0.05, 0) is 13.8 Å². The summed E-state index contributed by atoms with van der Waals surface area (Å²) in [6, 6.07) is 4.07. The fraction of sp³-hybridized carbons (Fsp3) is 0.400. The Bertz CT molecular complexity index is 432. The molecule has 0 amide bonds. The van der Waals surface area contributed by atoms with Crippen molar-refractivity contribution >= 4 is 22.0 Å². The average Bonchev–Trinajstić information content (AvgIpc) is 2.57. The van der Waals surface area contributed by atoms with Crippen molar-refractivity contribution in [3.8, 4) is 12.1 Å². The molecule has 0 saturated heterocycles. The topological polar surface area (TPSA) is 76.8 Å². The number of nitrogen functional groups attached to an aromatic ring is 1. The Morgan fingerprint density at radius 3 is 2.27 bits per heavy atom. The van der Waals surface area contributed by atoms with Crippen molar-refractivity contribution in [3.05, 3.63) is 10.4 Å². The highest BCUT2D eigenvalue weighted by atomic mass is 32.1. The lowest BCUT2D eigenvalue weighted by atomic mass is 10.2. The zero-order chi connectivity index (χ0) is 11.4. The van der Waals surface area contributed by atoms with Gasteiger partial charge in [-0.3, -0.25) is 0 Å². The van der Waals surface area contributed by atoms with E-state index in [-0.39, 0.29) is 0 Å². The van der Waals surface area contributed by atoms with Gasteiger partial charge in [0.1, 0.15) is 27.6 Å². The molecule has 5 heteroatoms. The molecule has 0 unspecified atom stereocenters. The Hall–Kier alpha value is -1.72. The number of hydrogen-bond acceptors (Lipinski definition) is 5. The van der Waals surface area contributed by atoms with Gasteiger partial charge < -0.3 is 10.6 Å². The zero-order valence-electron chi connectivity index (χ0n) is 8.74. The summed E-state index contributed by atoms with van der Waals surface area (Å²) >= 11 is 1.29. The van der Waals surface area contributed by atoms with E-state index < -0.39 is 0 Å². The third-order valence-corrected chi connectivity index (χ3v) is 3.36. The molecule has 4 nitrogen and oxygen atoms in total. The molecular formula is C10H12N4S. The van der Waals surface area contributed by atoms with Crippen LogP contribution in [0.5, 0.6) is 0 Å². The van der Waals surface area contributed by atoms with Gasteiger partial charge in [0.15, 0.2) is 0 Å². The van der Waals surface area contributed by atoms with Gasteiger partial charge in [0.2, 0.25) is 0 Å². The first-order chi connectivity index (χ1) is 7.19. The van der Waals surface area contributed by atoms with E-state index in [2.05, 4.69) is 6.07 Å². The molecule has 0 aromatic carbocycles. The Morgan fingerprint density at radius 1 is 1.27 bits per heavy atom. The van der Waals surface area contributed by atoms with E-state index in [4.69, 9.17) is 16.3 Å². The Balaban J connectivity index is 3.31. The summed E-state index contributed by atoms with van der Waals surface area (Å²) in [5, 5.41) is 18.6. The Kier molecular flexibility index (Phi) is 3.54. The SMILES string of the molecule is CCN(CC)c1sc(C#N)c(N)c1C#N. The molecule has 0 bridgehead atoms. The first kappa shape index (κ1) is 11.4. The molecule has 1 rings (SSSR count). The summed E-state index contributed by atoms with van der Waals surface area (Å²) < 4.78 is 0. The molecular weight excluding hydrogens is 208 g/mol. The van der Waals surface area contributed by atoms with Crippen molar-refractivity contribution in [3.63, 3.8) is 0 Å². The van der Waals surface area contributed by atoms with E-state index in [1.54, 1.807) is 0 Å². The highest BCUT2D eigenvalue weighted by molar-refractivity contribution is 7.17. The van der Waals surface area contributed by atoms with Crippen LogP contribution in [0.1, 0.15) is 24.3 Å². The van der Waals surface area contributed by atoms with Gasteiger partial charge >= 0.3 is 0 Å². The number of nitrogens with zero attached hydrogens (tertiary/aromatic N) is 3. The molecule has 2 N–H and O–H groups in total. The lowest BCUT2D eigenvalue weighted by Gasteiger charge is -2.18. The quantitative estimate of drug-likeness (QED) is 0.844. The third-order valence-electron chi connectivity index (χ3n) is 2.19. The zero-order valence-corrected chi connectivity index (χ0v) is 9.56. The average molecular weight is 220 g/mol. The largest absolute Gasteiger partial charge is 0.396 e. The molecule has 0 aliphatic rings. The van der Waals surface area contributed by atoms with E-state index >= 15 is 0 Å². The number of nitriles is 2. The minimum absolute atomic E-state index is 0.312. The normalized spacial score (nSPS) is 9.33. The van der Waals surface area contributed by atoms with Crippen LogP contribution in [0.25, 0.3) is 0 Å². The van der Waals surface area contributed by atoms with Crippen molar-refractivity contribution in [1.82, 2.24) is 0 Å². The lowest BCUT2D eigenvalue weighted by molar-refractivity contribution is 0.875. The summed E-state index contributed by atoms with van der Waals surface area (Å²) in [4.78, 5) is 2.45. The monoisotopic (exact) mass is 220 g/mol. The Morgan fingerprint density at radius 2 is 1.87 bits per heavy atom. The molecule has 15 heavy (non-hydrogen) atoms. The molecule has 0 saturated carbocycles. The highest BCUT2D eigenvalue weighted by Crippen LogP contribution is 2.36. The maximum absolute atomic E-state index is 8.99. The van der Waals surface area contributed by atoms with Crippen molar-refractivity contribution in [2.24, 2.45) is 0 Å². The van der Waals surface area contributed by atoms with E-state index in [1.807, 2.05) is 24.8 Å². The fourth-order valence-corrected chi connectivity index (χ4v) is 2.45. The van der Waals surface area contributed by atoms with Gasteiger partial charge in [0, 0.05) is 13.1 Å². The number of hydrogen-bond donors (Lipinski definition) is 1. The molecule has 78 valence electrons. The molecule has 0 atom stereocenters. The van der Waals surface area contributed by atoms with Crippen LogP contribution in [0.15, 0.2) is 0 Å². The summed E-state index contributed by atoms with van der Waals surface area (Å²) in [5.74, 6) is 0. The maximum atomic E-state index is 8.99. The number of nitrogens with two attached hydrogens (primary N) is 1. The molecule has 0 aliphatic heterocycles. The molecule has 0 aliphatic carbocycles. The lowest BCUT2D eigenvalue weighted by Crippen LogP contribution is -2.21. The van der Waals surface area contributed by atoms with Gasteiger partial charge in [-0.25, -0.2) is 0 Å². The van der Waals surface area contributed by atoms with Crippen LogP contribution in [-0.2, 0) is 0 Å². The van der Waals surface area contributed by atoms with E-state index in [0.29, 0.717) is 16.1 Å². The van der Waals surface area contributed by atoms with Crippen molar-refractivity contribution in [2.45, 2.75) is 13.8 Å². The van der Waals surface area contributed by atoms with Crippen molar-refractivity contribution in [1.29, 1.82) is 10.5 Å². The summed E-state index contributed by atoms with van der Waals surface area (Å²) in [5.41, 5.74) is 6.45. The second-order valence-corrected chi connectivity index (χ2v) is 3.92. The standard InChI is InChI=1S/C10H12N4S/c1-3-14(4-2)10-7(5-11)9(13)8(6-12)15-10/h3-4,13H2,1-2H3. The van der Waals surface area contributed by atoms with E-state index in [1.165, 1.54) is 11.3 Å². The highest BCUT2D eigenvalue weighted by Gasteiger charge is 2.18. The Labute approximate surface area is 93.1 Å². The smallest absolute Gasteiger partial charge is 0.131 e. The van der Waals surface area contributed by atoms with Crippen molar-refractivity contribution in [2.75, 3.05) is 23.7 Å². The summed E-state index contributed by atoms with van der Waals surface area (Å²) in [6.07, 6.45) is 0. The molecule has 0 spiro atoms. The van der Waals surface area contributed by atoms with E-state index in [9.17, 15) is 0 Å². The van der Waals surface area contributed by atoms with Crippen LogP contribution in [-0.4, -0.2) is 13.1 Å². The second kappa shape index (κ2) is 4.68. The van der Waals surface area contributed by atoms with Crippen LogP contribution < -0.4 is 10.6 Å². The van der Waals surface area contributed by atoms with Crippen LogP contribution in [0, 0.1) is 22.7 Å². The van der Waals surface area contributed by atoms with Gasteiger partial charge in [0.05, 0.1) is 5.69 Å². The molecule has 0 radical (unpaired) electrons. The van der Waals surface area contributed by atoms with Crippen LogP contribution >= 0.6 is 11.3 Å². The van der Waals surface area contributed by atoms with Crippen LogP contribution in [0.3, 0.4) is 0 Å². The van der Waals surface area contributed by atoms with Crippen molar-refractivity contribution < 1.29 is 0 Å². The summed E-state index contributed by atoms with van der Waals surface area (Å²) in [6.45, 7) is 5.62. The van der Waals surface area contributed by atoms with Gasteiger partial charge in [-0.1, -0.05) is 0 Å².